The summed E-state index contributed by atoms with van der Waals surface area (Å²) in [5.74, 6) is 0.479. The molecule has 1 heterocycles. The van der Waals surface area contributed by atoms with Crippen LogP contribution in [0, 0.1) is 0 Å². The van der Waals surface area contributed by atoms with Gasteiger partial charge in [0.05, 0.1) is 19.4 Å². The van der Waals surface area contributed by atoms with Crippen molar-refractivity contribution < 1.29 is 19.1 Å². The molecule has 1 fully saturated rings. The molecule has 150 valence electrons. The van der Waals surface area contributed by atoms with Crippen LogP contribution in [0.15, 0.2) is 47.1 Å². The summed E-state index contributed by atoms with van der Waals surface area (Å²) >= 11 is 0. The average molecular weight is 385 g/mol. The van der Waals surface area contributed by atoms with Gasteiger partial charge in [0.25, 0.3) is 0 Å². The van der Waals surface area contributed by atoms with E-state index < -0.39 is 11.9 Å². The number of furan rings is 1. The van der Waals surface area contributed by atoms with Gasteiger partial charge >= 0.3 is 6.03 Å². The van der Waals surface area contributed by atoms with Crippen molar-refractivity contribution in [2.24, 2.45) is 0 Å². The number of nitrogens with one attached hydrogen (secondary N) is 2. The van der Waals surface area contributed by atoms with Gasteiger partial charge in [-0.15, -0.1) is 0 Å². The molecule has 7 nitrogen and oxygen atoms in total. The molecule has 1 aromatic heterocycles. The molecular weight excluding hydrogens is 358 g/mol. The SMILES string of the molecule is O=C(CN(Cc1ccco1)Cc1ccccc1O)NC(=O)NC1CCCCC1. The molecule has 28 heavy (non-hydrogen) atoms. The molecule has 3 amide bonds. The van der Waals surface area contributed by atoms with Crippen molar-refractivity contribution in [3.63, 3.8) is 0 Å². The highest BCUT2D eigenvalue weighted by Gasteiger charge is 2.19. The van der Waals surface area contributed by atoms with Crippen molar-refractivity contribution in [2.75, 3.05) is 6.54 Å². The zero-order valence-electron chi connectivity index (χ0n) is 15.9. The van der Waals surface area contributed by atoms with Gasteiger partial charge in [-0.1, -0.05) is 37.5 Å². The highest BCUT2D eigenvalue weighted by atomic mass is 16.3. The van der Waals surface area contributed by atoms with E-state index in [1.807, 2.05) is 17.0 Å². The highest BCUT2D eigenvalue weighted by molar-refractivity contribution is 5.95. The van der Waals surface area contributed by atoms with E-state index in [1.165, 1.54) is 6.42 Å². The number of rotatable bonds is 7. The van der Waals surface area contributed by atoms with E-state index in [-0.39, 0.29) is 18.3 Å². The second-order valence-corrected chi connectivity index (χ2v) is 7.21. The maximum atomic E-state index is 12.4. The van der Waals surface area contributed by atoms with Crippen molar-refractivity contribution in [3.8, 4) is 5.75 Å². The minimum atomic E-state index is -0.447. The zero-order valence-corrected chi connectivity index (χ0v) is 15.9. The number of para-hydroxylation sites is 1. The maximum absolute atomic E-state index is 12.4. The van der Waals surface area contributed by atoms with Crippen LogP contribution in [-0.4, -0.2) is 34.5 Å². The van der Waals surface area contributed by atoms with E-state index in [0.29, 0.717) is 24.4 Å². The fourth-order valence-electron chi connectivity index (χ4n) is 3.51. The lowest BCUT2D eigenvalue weighted by Gasteiger charge is -2.24. The number of carbonyl (C=O) groups excluding carboxylic acids is 2. The predicted molar refractivity (Wildman–Crippen MR) is 104 cm³/mol. The summed E-state index contributed by atoms with van der Waals surface area (Å²) in [7, 11) is 0. The van der Waals surface area contributed by atoms with Crippen molar-refractivity contribution in [1.82, 2.24) is 15.5 Å². The summed E-state index contributed by atoms with van der Waals surface area (Å²) in [6.45, 7) is 0.747. The first-order valence-corrected chi connectivity index (χ1v) is 9.72. The van der Waals surface area contributed by atoms with Crippen LogP contribution in [-0.2, 0) is 17.9 Å². The van der Waals surface area contributed by atoms with Crippen LogP contribution in [0.3, 0.4) is 0 Å². The lowest BCUT2D eigenvalue weighted by Crippen LogP contribution is -2.47. The van der Waals surface area contributed by atoms with Gasteiger partial charge in [0, 0.05) is 18.2 Å². The van der Waals surface area contributed by atoms with Crippen LogP contribution in [0.25, 0.3) is 0 Å². The van der Waals surface area contributed by atoms with Gasteiger partial charge in [0.1, 0.15) is 11.5 Å². The second-order valence-electron chi connectivity index (χ2n) is 7.21. The summed E-state index contributed by atoms with van der Waals surface area (Å²) in [5.41, 5.74) is 0.702. The Kier molecular flexibility index (Phi) is 7.08. The fraction of sp³-hybridized carbons (Fsp3) is 0.429. The standard InChI is InChI=1S/C21H27N3O4/c25-19-11-5-4-7-16(19)13-24(14-18-10-6-12-28-18)15-20(26)23-21(27)22-17-8-2-1-3-9-17/h4-7,10-12,17,25H,1-3,8-9,13-15H2,(H2,22,23,26,27). The largest absolute Gasteiger partial charge is 0.508 e. The number of imide groups is 1. The maximum Gasteiger partial charge on any atom is 0.321 e. The molecule has 1 aromatic carbocycles. The van der Waals surface area contributed by atoms with E-state index in [9.17, 15) is 14.7 Å². The lowest BCUT2D eigenvalue weighted by molar-refractivity contribution is -0.121. The number of nitrogens with zero attached hydrogens (tertiary/aromatic N) is 1. The molecule has 0 aliphatic heterocycles. The normalized spacial score (nSPS) is 14.8. The third kappa shape index (κ3) is 6.13. The molecular formula is C21H27N3O4. The van der Waals surface area contributed by atoms with Gasteiger partial charge in [-0.05, 0) is 31.0 Å². The van der Waals surface area contributed by atoms with Gasteiger partial charge in [-0.2, -0.15) is 0 Å². The van der Waals surface area contributed by atoms with Crippen LogP contribution in [0.1, 0.15) is 43.4 Å². The third-order valence-electron chi connectivity index (χ3n) is 4.91. The van der Waals surface area contributed by atoms with Gasteiger partial charge in [-0.25, -0.2) is 4.79 Å². The molecule has 1 aliphatic rings. The first-order chi connectivity index (χ1) is 13.6. The smallest absolute Gasteiger partial charge is 0.321 e. The first kappa shape index (κ1) is 19.9. The molecule has 0 atom stereocenters. The Bertz CT molecular complexity index is 770. The van der Waals surface area contributed by atoms with E-state index in [1.54, 1.807) is 30.5 Å². The van der Waals surface area contributed by atoms with E-state index in [2.05, 4.69) is 10.6 Å². The topological polar surface area (TPSA) is 94.8 Å². The molecule has 0 spiro atoms. The highest BCUT2D eigenvalue weighted by Crippen LogP contribution is 2.19. The van der Waals surface area contributed by atoms with Crippen LogP contribution in [0.5, 0.6) is 5.75 Å². The number of hydrogen-bond acceptors (Lipinski definition) is 5. The number of hydrogen-bond donors (Lipinski definition) is 3. The summed E-state index contributed by atoms with van der Waals surface area (Å²) in [6, 6.07) is 10.3. The number of benzene rings is 1. The molecule has 1 saturated carbocycles. The number of carbonyl (C=O) groups is 2. The molecule has 2 aromatic rings. The first-order valence-electron chi connectivity index (χ1n) is 9.72. The summed E-state index contributed by atoms with van der Waals surface area (Å²) in [6.07, 6.45) is 6.91. The van der Waals surface area contributed by atoms with E-state index in [4.69, 9.17) is 4.42 Å². The number of phenols is 1. The molecule has 3 N–H and O–H groups in total. The van der Waals surface area contributed by atoms with Gasteiger partial charge in [-0.3, -0.25) is 15.0 Å². The minimum Gasteiger partial charge on any atom is -0.508 e. The number of phenolic OH excluding ortho intramolecular Hbond substituents is 1. The number of amides is 3. The van der Waals surface area contributed by atoms with Crippen molar-refractivity contribution >= 4 is 11.9 Å². The lowest BCUT2D eigenvalue weighted by atomic mass is 9.96. The Hall–Kier alpha value is -2.80. The fourth-order valence-corrected chi connectivity index (χ4v) is 3.51. The Morgan fingerprint density at radius 1 is 1.07 bits per heavy atom. The average Bonchev–Trinajstić information content (AvgIpc) is 3.17. The van der Waals surface area contributed by atoms with Crippen LogP contribution in [0.4, 0.5) is 4.79 Å². The molecule has 7 heteroatoms. The van der Waals surface area contributed by atoms with Crippen LogP contribution in [0.2, 0.25) is 0 Å². The zero-order chi connectivity index (χ0) is 19.8. The Labute approximate surface area is 164 Å². The van der Waals surface area contributed by atoms with Gasteiger partial charge < -0.3 is 14.8 Å². The minimum absolute atomic E-state index is 0.00706. The Balaban J connectivity index is 1.57. The van der Waals surface area contributed by atoms with E-state index in [0.717, 1.165) is 25.7 Å². The summed E-state index contributed by atoms with van der Waals surface area (Å²) < 4.78 is 5.38. The molecule has 1 aliphatic carbocycles. The monoisotopic (exact) mass is 385 g/mol. The second kappa shape index (κ2) is 9.94. The molecule has 0 saturated heterocycles. The number of aromatic hydroxyl groups is 1. The quantitative estimate of drug-likeness (QED) is 0.681. The number of urea groups is 1. The van der Waals surface area contributed by atoms with Crippen molar-refractivity contribution in [2.45, 2.75) is 51.2 Å². The van der Waals surface area contributed by atoms with Crippen molar-refractivity contribution in [1.29, 1.82) is 0 Å². The Morgan fingerprint density at radius 3 is 2.57 bits per heavy atom. The summed E-state index contributed by atoms with van der Waals surface area (Å²) in [4.78, 5) is 26.3. The molecule has 0 unspecified atom stereocenters. The van der Waals surface area contributed by atoms with Crippen LogP contribution < -0.4 is 10.6 Å². The third-order valence-corrected chi connectivity index (χ3v) is 4.91. The molecule has 0 radical (unpaired) electrons. The van der Waals surface area contributed by atoms with Crippen molar-refractivity contribution in [3.05, 3.63) is 54.0 Å². The molecule has 3 rings (SSSR count). The van der Waals surface area contributed by atoms with Gasteiger partial charge in [0.15, 0.2) is 0 Å². The molecule has 0 bridgehead atoms. The van der Waals surface area contributed by atoms with E-state index >= 15 is 0 Å². The van der Waals surface area contributed by atoms with Crippen LogP contribution >= 0.6 is 0 Å². The summed E-state index contributed by atoms with van der Waals surface area (Å²) in [5, 5.41) is 15.3. The van der Waals surface area contributed by atoms with Gasteiger partial charge in [0.2, 0.25) is 5.91 Å². The predicted octanol–water partition coefficient (Wildman–Crippen LogP) is 3.15. The Morgan fingerprint density at radius 2 is 1.86 bits per heavy atom.